The van der Waals surface area contributed by atoms with Gasteiger partial charge in [-0.3, -0.25) is 0 Å². The quantitative estimate of drug-likeness (QED) is 0.213. The fourth-order valence-corrected chi connectivity index (χ4v) is 5.01. The van der Waals surface area contributed by atoms with E-state index < -0.39 is 0 Å². The third kappa shape index (κ3) is 2.09. The molecule has 0 bridgehead atoms. The number of nitrogens with zero attached hydrogens (tertiary/aromatic N) is 1. The third-order valence-corrected chi connectivity index (χ3v) is 6.46. The number of aryl methyl sites for hydroxylation is 4. The lowest BCUT2D eigenvalue weighted by Gasteiger charge is -2.25. The van der Waals surface area contributed by atoms with E-state index in [2.05, 4.69) is 93.2 Å². The van der Waals surface area contributed by atoms with Crippen LogP contribution in [0.25, 0.3) is 43.6 Å². The van der Waals surface area contributed by atoms with Crippen LogP contribution in [0.5, 0.6) is 11.5 Å². The van der Waals surface area contributed by atoms with Crippen molar-refractivity contribution >= 4 is 32.3 Å². The van der Waals surface area contributed by atoms with Crippen molar-refractivity contribution in [3.05, 3.63) is 77.5 Å². The standard InChI is InChI=1S/C27H22NO/c1-15-9-10-22-19(13-15)14-18-11-12-28(4)25-23-16(2)20-7-5-6-8-21(20)17(3)26(23)29-27(22)24(18)25/h5-14H,1-4H3/q+1. The molecule has 0 fully saturated rings. The van der Waals surface area contributed by atoms with Gasteiger partial charge in [-0.05, 0) is 53.9 Å². The number of aromatic nitrogens is 1. The highest BCUT2D eigenvalue weighted by atomic mass is 16.5. The van der Waals surface area contributed by atoms with Crippen molar-refractivity contribution in [1.29, 1.82) is 0 Å². The number of pyridine rings is 1. The molecule has 0 unspecified atom stereocenters. The van der Waals surface area contributed by atoms with Crippen molar-refractivity contribution in [3.8, 4) is 22.8 Å². The number of fused-ring (bicyclic) bond motifs is 5. The van der Waals surface area contributed by atoms with Crippen LogP contribution in [0.2, 0.25) is 0 Å². The first-order valence-electron chi connectivity index (χ1n) is 10.1. The van der Waals surface area contributed by atoms with Gasteiger partial charge in [-0.2, -0.15) is 0 Å². The lowest BCUT2D eigenvalue weighted by molar-refractivity contribution is -0.659. The molecule has 4 aromatic carbocycles. The minimum Gasteiger partial charge on any atom is -0.455 e. The summed E-state index contributed by atoms with van der Waals surface area (Å²) in [6, 6.07) is 19.8. The molecule has 0 radical (unpaired) electrons. The van der Waals surface area contributed by atoms with E-state index in [1.54, 1.807) is 0 Å². The van der Waals surface area contributed by atoms with Crippen molar-refractivity contribution in [2.45, 2.75) is 20.8 Å². The predicted molar refractivity (Wildman–Crippen MR) is 120 cm³/mol. The first kappa shape index (κ1) is 16.6. The van der Waals surface area contributed by atoms with Crippen LogP contribution in [0.3, 0.4) is 0 Å². The van der Waals surface area contributed by atoms with Gasteiger partial charge in [0, 0.05) is 17.0 Å². The maximum atomic E-state index is 6.76. The molecule has 1 aliphatic heterocycles. The summed E-state index contributed by atoms with van der Waals surface area (Å²) in [5.41, 5.74) is 6.20. The number of ether oxygens (including phenoxy) is 1. The largest absolute Gasteiger partial charge is 0.455 e. The number of rotatable bonds is 0. The summed E-state index contributed by atoms with van der Waals surface area (Å²) < 4.78 is 9.01. The van der Waals surface area contributed by atoms with Gasteiger partial charge in [0.15, 0.2) is 6.20 Å². The monoisotopic (exact) mass is 376 g/mol. The third-order valence-electron chi connectivity index (χ3n) is 6.46. The molecule has 29 heavy (non-hydrogen) atoms. The van der Waals surface area contributed by atoms with Crippen LogP contribution in [-0.2, 0) is 7.05 Å². The second kappa shape index (κ2) is 5.57. The van der Waals surface area contributed by atoms with Crippen LogP contribution in [0.4, 0.5) is 0 Å². The van der Waals surface area contributed by atoms with Crippen LogP contribution in [-0.4, -0.2) is 0 Å². The van der Waals surface area contributed by atoms with E-state index in [1.807, 2.05) is 0 Å². The van der Waals surface area contributed by atoms with Crippen LogP contribution in [0, 0.1) is 20.8 Å². The van der Waals surface area contributed by atoms with E-state index in [1.165, 1.54) is 60.3 Å². The first-order chi connectivity index (χ1) is 14.0. The van der Waals surface area contributed by atoms with E-state index in [4.69, 9.17) is 4.74 Å². The highest BCUT2D eigenvalue weighted by molar-refractivity contribution is 6.13. The normalized spacial score (nSPS) is 12.4. The van der Waals surface area contributed by atoms with Gasteiger partial charge in [0.05, 0.1) is 10.9 Å². The average Bonchev–Trinajstić information content (AvgIpc) is 2.73. The van der Waals surface area contributed by atoms with E-state index in [0.29, 0.717) is 0 Å². The molecule has 0 saturated heterocycles. The van der Waals surface area contributed by atoms with Gasteiger partial charge >= 0.3 is 0 Å². The zero-order chi connectivity index (χ0) is 19.9. The molecule has 0 atom stereocenters. The molecule has 0 saturated carbocycles. The minimum atomic E-state index is 0.981. The molecule has 1 aromatic heterocycles. The Balaban J connectivity index is 1.87. The molecule has 1 aliphatic rings. The molecule has 140 valence electrons. The summed E-state index contributed by atoms with van der Waals surface area (Å²) in [5.74, 6) is 1.97. The van der Waals surface area contributed by atoms with Gasteiger partial charge in [-0.15, -0.1) is 0 Å². The topological polar surface area (TPSA) is 13.1 Å². The summed E-state index contributed by atoms with van der Waals surface area (Å²) in [6.45, 7) is 6.54. The number of hydrogen-bond donors (Lipinski definition) is 0. The molecule has 0 N–H and O–H groups in total. The zero-order valence-electron chi connectivity index (χ0n) is 17.1. The SMILES string of the molecule is Cc1ccc2c3c4c([n+](C)ccc4cc2c1)-c1c(c(C)c2ccccc2c1C)O3. The Morgan fingerprint density at radius 3 is 2.28 bits per heavy atom. The maximum Gasteiger partial charge on any atom is 0.228 e. The van der Waals surface area contributed by atoms with E-state index in [0.717, 1.165) is 11.5 Å². The second-order valence-corrected chi connectivity index (χ2v) is 8.27. The van der Waals surface area contributed by atoms with Gasteiger partial charge in [0.25, 0.3) is 0 Å². The van der Waals surface area contributed by atoms with E-state index in [-0.39, 0.29) is 0 Å². The highest BCUT2D eigenvalue weighted by Gasteiger charge is 2.32. The average molecular weight is 376 g/mol. The van der Waals surface area contributed by atoms with E-state index >= 15 is 0 Å². The van der Waals surface area contributed by atoms with Gasteiger partial charge < -0.3 is 4.74 Å². The fourth-order valence-electron chi connectivity index (χ4n) is 5.01. The van der Waals surface area contributed by atoms with Crippen molar-refractivity contribution in [3.63, 3.8) is 0 Å². The number of hydrogen-bond acceptors (Lipinski definition) is 1. The lowest BCUT2D eigenvalue weighted by Crippen LogP contribution is -2.32. The molecular formula is C27H22NO+. The molecule has 2 heteroatoms. The minimum absolute atomic E-state index is 0.981. The van der Waals surface area contributed by atoms with Crippen LogP contribution < -0.4 is 9.30 Å². The zero-order valence-corrected chi connectivity index (χ0v) is 17.1. The smallest absolute Gasteiger partial charge is 0.228 e. The Morgan fingerprint density at radius 2 is 1.48 bits per heavy atom. The summed E-state index contributed by atoms with van der Waals surface area (Å²) >= 11 is 0. The first-order valence-corrected chi connectivity index (χ1v) is 10.1. The summed E-state index contributed by atoms with van der Waals surface area (Å²) in [7, 11) is 2.14. The van der Waals surface area contributed by atoms with Gasteiger partial charge in [-0.1, -0.05) is 48.0 Å². The summed E-state index contributed by atoms with van der Waals surface area (Å²) in [6.07, 6.45) is 2.17. The summed E-state index contributed by atoms with van der Waals surface area (Å²) in [5, 5.41) is 7.39. The Hall–Kier alpha value is -3.39. The molecule has 5 aromatic rings. The lowest BCUT2D eigenvalue weighted by atomic mass is 9.88. The molecule has 0 spiro atoms. The van der Waals surface area contributed by atoms with E-state index in [9.17, 15) is 0 Å². The fraction of sp³-hybridized carbons (Fsp3) is 0.148. The maximum absolute atomic E-state index is 6.76. The van der Waals surface area contributed by atoms with Crippen molar-refractivity contribution < 1.29 is 9.30 Å². The Morgan fingerprint density at radius 1 is 0.724 bits per heavy atom. The molecule has 0 amide bonds. The Kier molecular flexibility index (Phi) is 3.18. The predicted octanol–water partition coefficient (Wildman–Crippen LogP) is 6.67. The molecule has 2 nitrogen and oxygen atoms in total. The summed E-state index contributed by atoms with van der Waals surface area (Å²) in [4.78, 5) is 0. The van der Waals surface area contributed by atoms with Crippen LogP contribution in [0.15, 0.2) is 60.8 Å². The van der Waals surface area contributed by atoms with Crippen molar-refractivity contribution in [2.24, 2.45) is 7.05 Å². The van der Waals surface area contributed by atoms with Gasteiger partial charge in [0.1, 0.15) is 18.5 Å². The molecular weight excluding hydrogens is 354 g/mol. The highest BCUT2D eigenvalue weighted by Crippen LogP contribution is 2.52. The Bertz CT molecular complexity index is 1510. The molecule has 0 aliphatic carbocycles. The van der Waals surface area contributed by atoms with Crippen molar-refractivity contribution in [2.75, 3.05) is 0 Å². The van der Waals surface area contributed by atoms with Gasteiger partial charge in [-0.25, -0.2) is 4.57 Å². The second-order valence-electron chi connectivity index (χ2n) is 8.27. The number of benzene rings is 4. The van der Waals surface area contributed by atoms with Gasteiger partial charge in [0.2, 0.25) is 5.69 Å². The molecule has 2 heterocycles. The van der Waals surface area contributed by atoms with Crippen LogP contribution in [0.1, 0.15) is 16.7 Å². The van der Waals surface area contributed by atoms with Crippen molar-refractivity contribution in [1.82, 2.24) is 0 Å². The molecule has 6 rings (SSSR count). The van der Waals surface area contributed by atoms with Crippen LogP contribution >= 0.6 is 0 Å². The Labute approximate surface area is 170 Å².